The highest BCUT2D eigenvalue weighted by Crippen LogP contribution is 2.34. The van der Waals surface area contributed by atoms with Crippen LogP contribution in [0.4, 0.5) is 0 Å². The van der Waals surface area contributed by atoms with Gasteiger partial charge in [-0.1, -0.05) is 11.8 Å². The number of hydrogen-bond acceptors (Lipinski definition) is 6. The number of aldehydes is 1. The van der Waals surface area contributed by atoms with Crippen molar-refractivity contribution < 1.29 is 14.3 Å². The summed E-state index contributed by atoms with van der Waals surface area (Å²) in [5, 5.41) is 0. The van der Waals surface area contributed by atoms with Gasteiger partial charge >= 0.3 is 5.97 Å². The molecular formula is C12H14N2O3S2. The lowest BCUT2D eigenvalue weighted by Gasteiger charge is -2.06. The van der Waals surface area contributed by atoms with Gasteiger partial charge in [-0.05, 0) is 20.1 Å². The predicted molar refractivity (Wildman–Crippen MR) is 76.4 cm³/mol. The Bertz CT molecular complexity index is 630. The molecule has 0 unspecified atom stereocenters. The van der Waals surface area contributed by atoms with Gasteiger partial charge < -0.3 is 9.30 Å². The van der Waals surface area contributed by atoms with Gasteiger partial charge in [-0.25, -0.2) is 9.78 Å². The number of esters is 1. The van der Waals surface area contributed by atoms with Gasteiger partial charge in [-0.3, -0.25) is 4.79 Å². The molecule has 2 aromatic rings. The first-order valence-corrected chi connectivity index (χ1v) is 7.91. The normalized spacial score (nSPS) is 10.9. The number of aromatic nitrogens is 2. The van der Waals surface area contributed by atoms with Crippen molar-refractivity contribution in [2.24, 2.45) is 0 Å². The third-order valence-corrected chi connectivity index (χ3v) is 4.76. The molecule has 0 aliphatic carbocycles. The third kappa shape index (κ3) is 2.28. The van der Waals surface area contributed by atoms with E-state index in [4.69, 9.17) is 4.74 Å². The van der Waals surface area contributed by atoms with Crippen LogP contribution in [0, 0.1) is 0 Å². The van der Waals surface area contributed by atoms with Crippen molar-refractivity contribution in [3.05, 3.63) is 11.3 Å². The summed E-state index contributed by atoms with van der Waals surface area (Å²) in [6, 6.07) is 0. The van der Waals surface area contributed by atoms with Gasteiger partial charge in [0.05, 0.1) is 16.9 Å². The van der Waals surface area contributed by atoms with Gasteiger partial charge in [-0.15, -0.1) is 11.3 Å². The number of ether oxygens (including phenoxy) is 1. The largest absolute Gasteiger partial charge is 0.461 e. The van der Waals surface area contributed by atoms with Crippen LogP contribution in [0.1, 0.15) is 34.7 Å². The van der Waals surface area contributed by atoms with E-state index < -0.39 is 5.97 Å². The molecule has 0 saturated heterocycles. The highest BCUT2D eigenvalue weighted by Gasteiger charge is 2.25. The number of fused-ring (bicyclic) bond motifs is 1. The van der Waals surface area contributed by atoms with Crippen LogP contribution in [-0.2, 0) is 11.3 Å². The Hall–Kier alpha value is -1.34. The topological polar surface area (TPSA) is 61.2 Å². The monoisotopic (exact) mass is 298 g/mol. The van der Waals surface area contributed by atoms with Gasteiger partial charge in [0.25, 0.3) is 0 Å². The Morgan fingerprint density at radius 2 is 2.26 bits per heavy atom. The fraction of sp³-hybridized carbons (Fsp3) is 0.417. The number of aryl methyl sites for hydroxylation is 1. The van der Waals surface area contributed by atoms with Crippen LogP contribution >= 0.6 is 23.1 Å². The van der Waals surface area contributed by atoms with Gasteiger partial charge in [0.2, 0.25) is 0 Å². The number of carbonyl (C=O) groups excluding carboxylic acids is 2. The predicted octanol–water partition coefficient (Wildman–Crippen LogP) is 2.83. The maximum Gasteiger partial charge on any atom is 0.355 e. The third-order valence-electron chi connectivity index (χ3n) is 2.69. The molecule has 0 saturated carbocycles. The molecule has 2 aromatic heterocycles. The van der Waals surface area contributed by atoms with Crippen molar-refractivity contribution in [3.8, 4) is 0 Å². The van der Waals surface area contributed by atoms with Crippen LogP contribution in [0.2, 0.25) is 0 Å². The molecule has 5 nitrogen and oxygen atoms in total. The Morgan fingerprint density at radius 1 is 1.53 bits per heavy atom. The number of thioether (sulfide) groups is 1. The molecule has 0 aromatic carbocycles. The molecular weight excluding hydrogens is 284 g/mol. The number of carbonyl (C=O) groups is 2. The summed E-state index contributed by atoms with van der Waals surface area (Å²) in [5.41, 5.74) is 1.37. The highest BCUT2D eigenvalue weighted by molar-refractivity contribution is 8.00. The van der Waals surface area contributed by atoms with E-state index in [1.54, 1.807) is 11.5 Å². The summed E-state index contributed by atoms with van der Waals surface area (Å²) < 4.78 is 8.40. The van der Waals surface area contributed by atoms with Crippen LogP contribution in [0.25, 0.3) is 10.3 Å². The summed E-state index contributed by atoms with van der Waals surface area (Å²) in [7, 11) is 0. The number of nitrogens with zero attached hydrogens (tertiary/aromatic N) is 2. The first-order valence-electron chi connectivity index (χ1n) is 5.87. The van der Waals surface area contributed by atoms with Gasteiger partial charge in [0.15, 0.2) is 16.3 Å². The molecule has 0 radical (unpaired) electrons. The van der Waals surface area contributed by atoms with Crippen molar-refractivity contribution in [1.29, 1.82) is 0 Å². The second-order valence-corrected chi connectivity index (χ2v) is 5.73. The van der Waals surface area contributed by atoms with E-state index in [1.165, 1.54) is 23.1 Å². The van der Waals surface area contributed by atoms with E-state index in [1.807, 2.05) is 13.2 Å². The summed E-state index contributed by atoms with van der Waals surface area (Å²) >= 11 is 2.95. The maximum absolute atomic E-state index is 12.0. The summed E-state index contributed by atoms with van der Waals surface area (Å²) in [6.07, 6.45) is 2.64. The first kappa shape index (κ1) is 14.1. The maximum atomic E-state index is 12.0. The van der Waals surface area contributed by atoms with E-state index >= 15 is 0 Å². The standard InChI is InChI=1S/C12H14N2O3S2/c1-4-14-8(11(16)17-5-2)7(6-15)9-10(14)13-12(18-3)19-9/h6H,4-5H2,1-3H3. The zero-order valence-electron chi connectivity index (χ0n) is 10.9. The lowest BCUT2D eigenvalue weighted by molar-refractivity contribution is 0.0512. The van der Waals surface area contributed by atoms with Crippen LogP contribution < -0.4 is 0 Å². The molecule has 102 valence electrons. The van der Waals surface area contributed by atoms with E-state index in [0.717, 1.165) is 9.04 Å². The molecule has 0 aliphatic heterocycles. The molecule has 0 fully saturated rings. The van der Waals surface area contributed by atoms with Crippen LogP contribution in [0.3, 0.4) is 0 Å². The van der Waals surface area contributed by atoms with Crippen molar-refractivity contribution in [3.63, 3.8) is 0 Å². The Labute approximate surface area is 119 Å². The second-order valence-electron chi connectivity index (χ2n) is 3.68. The molecule has 0 bridgehead atoms. The zero-order valence-corrected chi connectivity index (χ0v) is 12.6. The fourth-order valence-electron chi connectivity index (χ4n) is 1.93. The summed E-state index contributed by atoms with van der Waals surface area (Å²) in [4.78, 5) is 27.8. The second kappa shape index (κ2) is 5.75. The molecule has 19 heavy (non-hydrogen) atoms. The molecule has 2 heterocycles. The van der Waals surface area contributed by atoms with Crippen molar-refractivity contribution in [1.82, 2.24) is 9.55 Å². The molecule has 0 spiro atoms. The van der Waals surface area contributed by atoms with Crippen LogP contribution in [0.5, 0.6) is 0 Å². The minimum Gasteiger partial charge on any atom is -0.461 e. The molecule has 0 amide bonds. The van der Waals surface area contributed by atoms with Gasteiger partial charge in [0.1, 0.15) is 5.69 Å². The van der Waals surface area contributed by atoms with Crippen molar-refractivity contribution >= 4 is 45.7 Å². The summed E-state index contributed by atoms with van der Waals surface area (Å²) in [6.45, 7) is 4.50. The smallest absolute Gasteiger partial charge is 0.355 e. The molecule has 0 aliphatic rings. The van der Waals surface area contributed by atoms with E-state index in [9.17, 15) is 9.59 Å². The first-order chi connectivity index (χ1) is 9.17. The minimum atomic E-state index is -0.470. The number of rotatable bonds is 5. The molecule has 7 heteroatoms. The molecule has 2 rings (SSSR count). The average Bonchev–Trinajstić information content (AvgIpc) is 2.93. The minimum absolute atomic E-state index is 0.281. The Kier molecular flexibility index (Phi) is 4.26. The van der Waals surface area contributed by atoms with Crippen LogP contribution in [0.15, 0.2) is 4.34 Å². The van der Waals surface area contributed by atoms with E-state index in [2.05, 4.69) is 4.98 Å². The molecule has 0 N–H and O–H groups in total. The summed E-state index contributed by atoms with van der Waals surface area (Å²) in [5.74, 6) is -0.470. The van der Waals surface area contributed by atoms with Gasteiger partial charge in [-0.2, -0.15) is 0 Å². The quantitative estimate of drug-likeness (QED) is 0.482. The Balaban J connectivity index is 2.71. The number of thiazole rings is 1. The molecule has 0 atom stereocenters. The highest BCUT2D eigenvalue weighted by atomic mass is 32.2. The van der Waals surface area contributed by atoms with Crippen molar-refractivity contribution in [2.75, 3.05) is 12.9 Å². The lowest BCUT2D eigenvalue weighted by atomic mass is 10.2. The van der Waals surface area contributed by atoms with E-state index in [0.29, 0.717) is 29.7 Å². The zero-order chi connectivity index (χ0) is 14.0. The van der Waals surface area contributed by atoms with Crippen LogP contribution in [-0.4, -0.2) is 34.7 Å². The van der Waals surface area contributed by atoms with E-state index in [-0.39, 0.29) is 6.61 Å². The lowest BCUT2D eigenvalue weighted by Crippen LogP contribution is -2.13. The fourth-order valence-corrected chi connectivity index (χ4v) is 3.50. The number of hydrogen-bond donors (Lipinski definition) is 0. The van der Waals surface area contributed by atoms with Gasteiger partial charge in [0, 0.05) is 6.54 Å². The van der Waals surface area contributed by atoms with Crippen molar-refractivity contribution in [2.45, 2.75) is 24.7 Å². The average molecular weight is 298 g/mol. The Morgan fingerprint density at radius 3 is 2.79 bits per heavy atom. The SMILES string of the molecule is CCOC(=O)c1c(C=O)c2sc(SC)nc2n1CC.